The van der Waals surface area contributed by atoms with Crippen LogP contribution in [-0.4, -0.2) is 106 Å². The molecule has 17 heteroatoms. The predicted molar refractivity (Wildman–Crippen MR) is 240 cm³/mol. The Morgan fingerprint density at radius 3 is 2.24 bits per heavy atom. The van der Waals surface area contributed by atoms with E-state index in [1.165, 1.54) is 14.2 Å². The first-order valence-corrected chi connectivity index (χ1v) is 22.3. The molecule has 16 nitrogen and oxygen atoms in total. The van der Waals surface area contributed by atoms with E-state index in [1.54, 1.807) is 12.0 Å². The third-order valence-electron chi connectivity index (χ3n) is 12.7. The van der Waals surface area contributed by atoms with E-state index in [1.807, 2.05) is 51.7 Å². The number of carbonyl (C=O) groups is 4. The van der Waals surface area contributed by atoms with Crippen molar-refractivity contribution < 1.29 is 38.1 Å². The predicted octanol–water partition coefficient (Wildman–Crippen LogP) is 7.78. The van der Waals surface area contributed by atoms with Gasteiger partial charge in [-0.25, -0.2) is 19.6 Å². The van der Waals surface area contributed by atoms with Gasteiger partial charge >= 0.3 is 12.2 Å². The van der Waals surface area contributed by atoms with Crippen LogP contribution in [-0.2, 0) is 30.4 Å². The number of benzene rings is 3. The second kappa shape index (κ2) is 17.8. The molecule has 63 heavy (non-hydrogen) atoms. The lowest BCUT2D eigenvalue weighted by Crippen LogP contribution is -2.52. The second-order valence-corrected chi connectivity index (χ2v) is 18.4. The van der Waals surface area contributed by atoms with Gasteiger partial charge < -0.3 is 49.3 Å². The van der Waals surface area contributed by atoms with Crippen LogP contribution < -0.4 is 15.4 Å². The molecule has 6 atom stereocenters. The fourth-order valence-corrected chi connectivity index (χ4v) is 9.99. The molecule has 4 amide bonds. The van der Waals surface area contributed by atoms with Gasteiger partial charge in [0.15, 0.2) is 0 Å². The summed E-state index contributed by atoms with van der Waals surface area (Å²) in [6.07, 6.45) is 0.897. The average molecular weight is 928 g/mol. The van der Waals surface area contributed by atoms with Gasteiger partial charge in [-0.1, -0.05) is 45.9 Å². The number of halogens is 1. The number of methoxy groups -OCH3 is 3. The molecule has 3 aliphatic heterocycles. The van der Waals surface area contributed by atoms with Crippen LogP contribution in [0.4, 0.5) is 9.59 Å². The molecular weight excluding hydrogens is 872 g/mol. The van der Waals surface area contributed by atoms with Gasteiger partial charge in [0.1, 0.15) is 46.4 Å². The largest absolute Gasteiger partial charge is 0.488 e. The molecule has 0 bridgehead atoms. The zero-order valence-corrected chi connectivity index (χ0v) is 38.4. The van der Waals surface area contributed by atoms with E-state index in [0.29, 0.717) is 48.1 Å². The lowest BCUT2D eigenvalue weighted by atomic mass is 9.92. The minimum atomic E-state index is -0.770. The Kier molecular flexibility index (Phi) is 12.4. The number of carbonyl (C=O) groups excluding carboxylic acids is 4. The molecule has 0 radical (unpaired) electrons. The minimum Gasteiger partial charge on any atom is -0.488 e. The fourth-order valence-electron chi connectivity index (χ4n) is 9.47. The Bertz CT molecular complexity index is 2570. The standard InChI is InChI=1S/C46H55BrN8O8/c1-22(2)36(51-45(58)61-7)43(56)54-19-25(20-60-6)15-34(54)42-49-38(40(47)53-42)27-10-12-29-28(16-27)21-63-35-18-30-26(17-31(29)35)11-13-32-39(30)50-41(48-32)33-14-9-24(5)55(33)44(57)37(23(3)4)52-46(59)62-8/h10-13,16-18,22-25,33-34,36-37H,9,14-15,19-21H2,1-8H3,(H,48,50)(H,49,53)(H,51,58)(H,52,59). The monoisotopic (exact) mass is 926 g/mol. The number of hydrogen-bond donors (Lipinski definition) is 4. The summed E-state index contributed by atoms with van der Waals surface area (Å²) in [5, 5.41) is 7.39. The number of ether oxygens (including phenoxy) is 4. The summed E-state index contributed by atoms with van der Waals surface area (Å²) in [5.41, 5.74) is 6.28. The lowest BCUT2D eigenvalue weighted by Gasteiger charge is -2.32. The van der Waals surface area contributed by atoms with Crippen molar-refractivity contribution in [3.63, 3.8) is 0 Å². The summed E-state index contributed by atoms with van der Waals surface area (Å²) in [7, 11) is 4.23. The van der Waals surface area contributed by atoms with E-state index in [0.717, 1.165) is 62.7 Å². The molecule has 0 aliphatic carbocycles. The zero-order valence-electron chi connectivity index (χ0n) is 36.8. The number of fused-ring (bicyclic) bond motifs is 6. The summed E-state index contributed by atoms with van der Waals surface area (Å²) in [6.45, 7) is 10.9. The van der Waals surface area contributed by atoms with Crippen LogP contribution >= 0.6 is 15.9 Å². The van der Waals surface area contributed by atoms with Crippen molar-refractivity contribution in [1.82, 2.24) is 40.4 Å². The number of nitrogens with zero attached hydrogens (tertiary/aromatic N) is 4. The lowest BCUT2D eigenvalue weighted by molar-refractivity contribution is -0.137. The van der Waals surface area contributed by atoms with Crippen LogP contribution in [0, 0.1) is 17.8 Å². The molecule has 8 rings (SSSR count). The first-order chi connectivity index (χ1) is 30.2. The highest BCUT2D eigenvalue weighted by Gasteiger charge is 2.43. The van der Waals surface area contributed by atoms with Crippen molar-refractivity contribution in [2.45, 2.75) is 90.7 Å². The molecule has 4 N–H and O–H groups in total. The number of rotatable bonds is 11. The maximum Gasteiger partial charge on any atom is 0.407 e. The van der Waals surface area contributed by atoms with Gasteiger partial charge in [0.2, 0.25) is 11.8 Å². The van der Waals surface area contributed by atoms with Gasteiger partial charge in [-0.15, -0.1) is 0 Å². The Morgan fingerprint density at radius 1 is 0.857 bits per heavy atom. The van der Waals surface area contributed by atoms with Gasteiger partial charge in [0.05, 0.1) is 43.9 Å². The van der Waals surface area contributed by atoms with E-state index in [2.05, 4.69) is 66.9 Å². The zero-order chi connectivity index (χ0) is 44.9. The van der Waals surface area contributed by atoms with Crippen LogP contribution in [0.25, 0.3) is 44.2 Å². The molecule has 5 aromatic rings. The number of H-pyrrole nitrogens is 2. The average Bonchev–Trinajstić information content (AvgIpc) is 4.08. The molecule has 5 heterocycles. The van der Waals surface area contributed by atoms with Gasteiger partial charge in [-0.05, 0) is 94.7 Å². The quantitative estimate of drug-likeness (QED) is 0.102. The number of aromatic nitrogens is 4. The highest BCUT2D eigenvalue weighted by molar-refractivity contribution is 9.10. The van der Waals surface area contributed by atoms with Gasteiger partial charge in [-0.2, -0.15) is 0 Å². The number of likely N-dealkylation sites (tertiary alicyclic amines) is 2. The molecule has 6 unspecified atom stereocenters. The van der Waals surface area contributed by atoms with Crippen LogP contribution in [0.15, 0.2) is 47.1 Å². The highest BCUT2D eigenvalue weighted by atomic mass is 79.9. The number of aromatic amines is 2. The highest BCUT2D eigenvalue weighted by Crippen LogP contribution is 2.45. The number of hydrogen-bond acceptors (Lipinski definition) is 10. The van der Waals surface area contributed by atoms with Crippen LogP contribution in [0.2, 0.25) is 0 Å². The number of amides is 4. The molecule has 3 aliphatic rings. The summed E-state index contributed by atoms with van der Waals surface area (Å²) in [5.74, 6) is 1.51. The Hall–Kier alpha value is -5.68. The molecule has 334 valence electrons. The smallest absolute Gasteiger partial charge is 0.407 e. The topological polar surface area (TPSA) is 193 Å². The number of nitrogens with one attached hydrogen (secondary N) is 4. The van der Waals surface area contributed by atoms with Gasteiger partial charge in [-0.3, -0.25) is 9.59 Å². The third kappa shape index (κ3) is 8.32. The molecule has 2 saturated heterocycles. The summed E-state index contributed by atoms with van der Waals surface area (Å²) in [4.78, 5) is 73.2. The fraction of sp³-hybridized carbons (Fsp3) is 0.478. The number of alkyl carbamates (subject to hydrolysis) is 2. The minimum absolute atomic E-state index is 0.0339. The Labute approximate surface area is 374 Å². The molecule has 0 saturated carbocycles. The van der Waals surface area contributed by atoms with Crippen molar-refractivity contribution in [3.05, 3.63) is 64.3 Å². The maximum absolute atomic E-state index is 14.0. The van der Waals surface area contributed by atoms with Crippen LogP contribution in [0.3, 0.4) is 0 Å². The van der Waals surface area contributed by atoms with Crippen molar-refractivity contribution in [1.29, 1.82) is 0 Å². The van der Waals surface area contributed by atoms with Crippen molar-refractivity contribution in [3.8, 4) is 28.1 Å². The van der Waals surface area contributed by atoms with E-state index >= 15 is 0 Å². The number of imidazole rings is 2. The Balaban J connectivity index is 1.07. The van der Waals surface area contributed by atoms with Crippen molar-refractivity contribution in [2.24, 2.45) is 17.8 Å². The third-order valence-corrected chi connectivity index (χ3v) is 13.3. The first kappa shape index (κ1) is 43.9. The molecule has 2 aromatic heterocycles. The van der Waals surface area contributed by atoms with Crippen molar-refractivity contribution in [2.75, 3.05) is 34.5 Å². The second-order valence-electron chi connectivity index (χ2n) is 17.6. The van der Waals surface area contributed by atoms with Gasteiger partial charge in [0, 0.05) is 42.1 Å². The summed E-state index contributed by atoms with van der Waals surface area (Å²) < 4.78 is 22.3. The molecule has 2 fully saturated rings. The van der Waals surface area contributed by atoms with Gasteiger partial charge in [0.25, 0.3) is 0 Å². The van der Waals surface area contributed by atoms with Crippen molar-refractivity contribution >= 4 is 61.7 Å². The Morgan fingerprint density at radius 2 is 1.56 bits per heavy atom. The summed E-state index contributed by atoms with van der Waals surface area (Å²) >= 11 is 3.73. The molecule has 3 aromatic carbocycles. The normalized spacial score (nSPS) is 20.4. The molecular formula is C46H55BrN8O8. The summed E-state index contributed by atoms with van der Waals surface area (Å²) in [6, 6.07) is 12.3. The van der Waals surface area contributed by atoms with Crippen LogP contribution in [0.1, 0.15) is 83.2 Å². The van der Waals surface area contributed by atoms with Crippen LogP contribution in [0.5, 0.6) is 5.75 Å². The van der Waals surface area contributed by atoms with E-state index in [9.17, 15) is 19.2 Å². The SMILES string of the molecule is COCC1CC(c2nc(-c3ccc4c(c3)COc3cc5c(ccc6[nH]c(C7CCC(C)N7C(=O)C(NC(=O)OC)C(C)C)nc65)cc3-4)c(Br)[nH]2)N(C(=O)C(NC(=O)OC)C(C)C)C1. The first-order valence-electron chi connectivity index (χ1n) is 21.5. The maximum atomic E-state index is 14.0. The molecule has 0 spiro atoms. The van der Waals surface area contributed by atoms with E-state index < -0.39 is 24.3 Å². The van der Waals surface area contributed by atoms with E-state index in [4.69, 9.17) is 28.9 Å². The van der Waals surface area contributed by atoms with E-state index in [-0.39, 0.29) is 47.7 Å².